The zero-order chi connectivity index (χ0) is 23.8. The topological polar surface area (TPSA) is 86.3 Å². The van der Waals surface area contributed by atoms with E-state index in [9.17, 15) is 9.59 Å². The highest BCUT2D eigenvalue weighted by Gasteiger charge is 2.41. The average molecular weight is 457 g/mol. The molecule has 33 heavy (non-hydrogen) atoms. The average Bonchev–Trinajstić information content (AvgIpc) is 3.31. The predicted octanol–water partition coefficient (Wildman–Crippen LogP) is 2.72. The second kappa shape index (κ2) is 11.6. The quantitative estimate of drug-likeness (QED) is 0.554. The number of hydrogen-bond acceptors (Lipinski definition) is 6. The standard InChI is InChI=1S/C25H32N2O6/c1-30-12-8-11-26-24(28)20-16-27(25(29)17-9-6-5-7-10-17)15-19(20)18-13-21(31-2)23(33-4)22(14-18)32-3/h5-7,9-10,13-14,19-20H,8,11-12,15-16H2,1-4H3,(H,26,28)/t19-,20-/m1/s1. The van der Waals surface area contributed by atoms with Gasteiger partial charge in [0.15, 0.2) is 11.5 Å². The minimum atomic E-state index is -0.414. The van der Waals surface area contributed by atoms with Crippen LogP contribution in [-0.4, -0.2) is 71.4 Å². The summed E-state index contributed by atoms with van der Waals surface area (Å²) in [6.45, 7) is 1.81. The van der Waals surface area contributed by atoms with Crippen molar-refractivity contribution in [2.24, 2.45) is 5.92 Å². The van der Waals surface area contributed by atoms with Gasteiger partial charge in [0, 0.05) is 44.8 Å². The van der Waals surface area contributed by atoms with Gasteiger partial charge in [0.2, 0.25) is 11.7 Å². The molecule has 1 heterocycles. The largest absolute Gasteiger partial charge is 0.493 e. The number of benzene rings is 2. The van der Waals surface area contributed by atoms with Crippen molar-refractivity contribution in [1.82, 2.24) is 10.2 Å². The molecule has 8 nitrogen and oxygen atoms in total. The molecule has 2 atom stereocenters. The third-order valence-corrected chi connectivity index (χ3v) is 5.90. The van der Waals surface area contributed by atoms with Gasteiger partial charge in [-0.3, -0.25) is 9.59 Å². The molecular formula is C25H32N2O6. The van der Waals surface area contributed by atoms with Gasteiger partial charge in [0.05, 0.1) is 27.2 Å². The Bertz CT molecular complexity index is 924. The van der Waals surface area contributed by atoms with E-state index in [1.54, 1.807) is 45.5 Å². The van der Waals surface area contributed by atoms with Crippen LogP contribution in [0.25, 0.3) is 0 Å². The first kappa shape index (κ1) is 24.4. The number of nitrogens with zero attached hydrogens (tertiary/aromatic N) is 1. The van der Waals surface area contributed by atoms with Crippen LogP contribution < -0.4 is 19.5 Å². The second-order valence-corrected chi connectivity index (χ2v) is 7.89. The van der Waals surface area contributed by atoms with Crippen molar-refractivity contribution in [3.63, 3.8) is 0 Å². The van der Waals surface area contributed by atoms with E-state index in [-0.39, 0.29) is 17.7 Å². The maximum absolute atomic E-state index is 13.2. The fraction of sp³-hybridized carbons (Fsp3) is 0.440. The van der Waals surface area contributed by atoms with Crippen molar-refractivity contribution in [3.8, 4) is 17.2 Å². The van der Waals surface area contributed by atoms with Gasteiger partial charge in [0.25, 0.3) is 5.91 Å². The fourth-order valence-electron chi connectivity index (χ4n) is 4.21. The highest BCUT2D eigenvalue weighted by molar-refractivity contribution is 5.95. The molecule has 178 valence electrons. The molecule has 2 amide bonds. The van der Waals surface area contributed by atoms with Crippen molar-refractivity contribution in [3.05, 3.63) is 53.6 Å². The van der Waals surface area contributed by atoms with Gasteiger partial charge in [-0.1, -0.05) is 18.2 Å². The Morgan fingerprint density at radius 1 is 0.970 bits per heavy atom. The summed E-state index contributed by atoms with van der Waals surface area (Å²) in [6, 6.07) is 12.8. The Morgan fingerprint density at radius 3 is 2.21 bits per heavy atom. The van der Waals surface area contributed by atoms with E-state index in [4.69, 9.17) is 18.9 Å². The van der Waals surface area contributed by atoms with Crippen LogP contribution in [0.4, 0.5) is 0 Å². The molecule has 0 bridgehead atoms. The Balaban J connectivity index is 1.91. The van der Waals surface area contributed by atoms with Gasteiger partial charge >= 0.3 is 0 Å². The zero-order valence-corrected chi connectivity index (χ0v) is 19.6. The molecule has 2 aromatic rings. The van der Waals surface area contributed by atoms with Crippen LogP contribution in [0.3, 0.4) is 0 Å². The molecule has 0 radical (unpaired) electrons. The summed E-state index contributed by atoms with van der Waals surface area (Å²) in [5.41, 5.74) is 1.45. The fourth-order valence-corrected chi connectivity index (χ4v) is 4.21. The summed E-state index contributed by atoms with van der Waals surface area (Å²) in [5, 5.41) is 2.99. The molecule has 0 saturated carbocycles. The van der Waals surface area contributed by atoms with Crippen molar-refractivity contribution in [2.45, 2.75) is 12.3 Å². The second-order valence-electron chi connectivity index (χ2n) is 7.89. The van der Waals surface area contributed by atoms with Crippen LogP contribution >= 0.6 is 0 Å². The van der Waals surface area contributed by atoms with Crippen molar-refractivity contribution >= 4 is 11.8 Å². The number of rotatable bonds is 10. The highest BCUT2D eigenvalue weighted by Crippen LogP contribution is 2.43. The van der Waals surface area contributed by atoms with Gasteiger partial charge in [0.1, 0.15) is 0 Å². The van der Waals surface area contributed by atoms with E-state index in [1.807, 2.05) is 30.3 Å². The van der Waals surface area contributed by atoms with Crippen LogP contribution in [0.2, 0.25) is 0 Å². The van der Waals surface area contributed by atoms with Gasteiger partial charge in [-0.2, -0.15) is 0 Å². The lowest BCUT2D eigenvalue weighted by atomic mass is 9.88. The van der Waals surface area contributed by atoms with Crippen molar-refractivity contribution in [2.75, 3.05) is 54.7 Å². The Hall–Kier alpha value is -3.26. The van der Waals surface area contributed by atoms with E-state index < -0.39 is 5.92 Å². The minimum Gasteiger partial charge on any atom is -0.493 e. The molecule has 0 unspecified atom stereocenters. The Kier molecular flexibility index (Phi) is 8.54. The molecule has 0 spiro atoms. The van der Waals surface area contributed by atoms with E-state index in [0.29, 0.717) is 49.1 Å². The molecule has 8 heteroatoms. The van der Waals surface area contributed by atoms with Gasteiger partial charge in [-0.15, -0.1) is 0 Å². The molecule has 1 saturated heterocycles. The lowest BCUT2D eigenvalue weighted by Gasteiger charge is -2.21. The molecule has 1 aliphatic heterocycles. The number of likely N-dealkylation sites (tertiary alicyclic amines) is 1. The summed E-state index contributed by atoms with van der Waals surface area (Å²) in [6.07, 6.45) is 0.719. The van der Waals surface area contributed by atoms with E-state index in [0.717, 1.165) is 12.0 Å². The molecule has 1 fully saturated rings. The summed E-state index contributed by atoms with van der Waals surface area (Å²) in [4.78, 5) is 28.0. The van der Waals surface area contributed by atoms with E-state index in [1.165, 1.54) is 0 Å². The maximum atomic E-state index is 13.2. The van der Waals surface area contributed by atoms with Crippen molar-refractivity contribution in [1.29, 1.82) is 0 Å². The summed E-state index contributed by atoms with van der Waals surface area (Å²) in [5.74, 6) is 0.685. The number of methoxy groups -OCH3 is 4. The lowest BCUT2D eigenvalue weighted by molar-refractivity contribution is -0.125. The van der Waals surface area contributed by atoms with E-state index in [2.05, 4.69) is 5.32 Å². The number of carbonyl (C=O) groups is 2. The third kappa shape index (κ3) is 5.57. The minimum absolute atomic E-state index is 0.0896. The third-order valence-electron chi connectivity index (χ3n) is 5.90. The molecule has 0 aromatic heterocycles. The first-order valence-electron chi connectivity index (χ1n) is 10.9. The number of hydrogen-bond donors (Lipinski definition) is 1. The maximum Gasteiger partial charge on any atom is 0.253 e. The zero-order valence-electron chi connectivity index (χ0n) is 19.6. The molecule has 2 aromatic carbocycles. The normalized spacial score (nSPS) is 17.5. The molecule has 1 N–H and O–H groups in total. The smallest absolute Gasteiger partial charge is 0.253 e. The van der Waals surface area contributed by atoms with Crippen LogP contribution in [-0.2, 0) is 9.53 Å². The molecule has 0 aliphatic carbocycles. The van der Waals surface area contributed by atoms with Crippen LogP contribution in [0.5, 0.6) is 17.2 Å². The Morgan fingerprint density at radius 2 is 1.64 bits per heavy atom. The van der Waals surface area contributed by atoms with Gasteiger partial charge < -0.3 is 29.2 Å². The number of nitrogens with one attached hydrogen (secondary N) is 1. The highest BCUT2D eigenvalue weighted by atomic mass is 16.5. The van der Waals surface area contributed by atoms with Crippen LogP contribution in [0.15, 0.2) is 42.5 Å². The van der Waals surface area contributed by atoms with Crippen molar-refractivity contribution < 1.29 is 28.5 Å². The summed E-state index contributed by atoms with van der Waals surface area (Å²) in [7, 11) is 6.29. The first-order chi connectivity index (χ1) is 16.0. The number of carbonyl (C=O) groups excluding carboxylic acids is 2. The summed E-state index contributed by atoms with van der Waals surface area (Å²) < 4.78 is 21.5. The predicted molar refractivity (Wildman–Crippen MR) is 124 cm³/mol. The van der Waals surface area contributed by atoms with Gasteiger partial charge in [-0.25, -0.2) is 0 Å². The number of amides is 2. The summed E-state index contributed by atoms with van der Waals surface area (Å²) >= 11 is 0. The lowest BCUT2D eigenvalue weighted by Crippen LogP contribution is -2.36. The SMILES string of the molecule is COCCCNC(=O)[C@@H]1CN(C(=O)c2ccccc2)C[C@@H]1c1cc(OC)c(OC)c(OC)c1. The number of ether oxygens (including phenoxy) is 4. The molecule has 1 aliphatic rings. The molecular weight excluding hydrogens is 424 g/mol. The van der Waals surface area contributed by atoms with Gasteiger partial charge in [-0.05, 0) is 36.2 Å². The first-order valence-corrected chi connectivity index (χ1v) is 10.9. The molecule has 3 rings (SSSR count). The van der Waals surface area contributed by atoms with Crippen LogP contribution in [0.1, 0.15) is 28.3 Å². The van der Waals surface area contributed by atoms with E-state index >= 15 is 0 Å². The van der Waals surface area contributed by atoms with Crippen LogP contribution in [0, 0.1) is 5.92 Å². The Labute approximate surface area is 194 Å². The monoisotopic (exact) mass is 456 g/mol.